The summed E-state index contributed by atoms with van der Waals surface area (Å²) in [6.07, 6.45) is 11.4. The Labute approximate surface area is 193 Å². The predicted octanol–water partition coefficient (Wildman–Crippen LogP) is 3.93. The van der Waals surface area contributed by atoms with Crippen molar-refractivity contribution in [1.29, 1.82) is 0 Å². The van der Waals surface area contributed by atoms with Crippen molar-refractivity contribution < 1.29 is 9.90 Å². The summed E-state index contributed by atoms with van der Waals surface area (Å²) in [5, 5.41) is 16.0. The first-order valence-electron chi connectivity index (χ1n) is 10.8. The molecule has 1 fully saturated rings. The summed E-state index contributed by atoms with van der Waals surface area (Å²) in [5.74, 6) is 1.34. The van der Waals surface area contributed by atoms with Gasteiger partial charge in [0.15, 0.2) is 0 Å². The van der Waals surface area contributed by atoms with Crippen LogP contribution in [0.4, 0.5) is 5.82 Å². The third-order valence-electron chi connectivity index (χ3n) is 5.50. The quantitative estimate of drug-likeness (QED) is 0.428. The van der Waals surface area contributed by atoms with Gasteiger partial charge < -0.3 is 21.5 Å². The number of amides is 1. The molecule has 1 saturated carbocycles. The fourth-order valence-corrected chi connectivity index (χ4v) is 4.90. The van der Waals surface area contributed by atoms with E-state index < -0.39 is 6.61 Å². The third kappa shape index (κ3) is 6.77. The van der Waals surface area contributed by atoms with Crippen molar-refractivity contribution >= 4 is 23.1 Å². The van der Waals surface area contributed by atoms with Gasteiger partial charge in [-0.15, -0.1) is 11.3 Å². The SMILES string of the molecule is C=C(/C=C(C)\C=C/N)Nc1cccc(-c2cnc([C@H]3CC[C@H](CNC(=O)CO)CC3)s2)n1. The largest absolute Gasteiger partial charge is 0.405 e. The molecule has 0 saturated heterocycles. The van der Waals surface area contributed by atoms with Crippen molar-refractivity contribution in [2.24, 2.45) is 11.7 Å². The van der Waals surface area contributed by atoms with E-state index in [2.05, 4.69) is 22.2 Å². The topological polar surface area (TPSA) is 113 Å². The lowest BCUT2D eigenvalue weighted by molar-refractivity contribution is -0.124. The first-order chi connectivity index (χ1) is 15.5. The van der Waals surface area contributed by atoms with Crippen molar-refractivity contribution in [2.45, 2.75) is 38.5 Å². The van der Waals surface area contributed by atoms with Crippen LogP contribution in [-0.2, 0) is 4.79 Å². The van der Waals surface area contributed by atoms with Gasteiger partial charge in [-0.2, -0.15) is 0 Å². The van der Waals surface area contributed by atoms with E-state index in [-0.39, 0.29) is 5.91 Å². The van der Waals surface area contributed by atoms with Gasteiger partial charge in [-0.3, -0.25) is 4.79 Å². The molecule has 1 aliphatic rings. The minimum atomic E-state index is -0.446. The van der Waals surface area contributed by atoms with Crippen LogP contribution >= 0.6 is 11.3 Å². The van der Waals surface area contributed by atoms with E-state index in [9.17, 15) is 4.79 Å². The van der Waals surface area contributed by atoms with E-state index in [1.165, 1.54) is 6.20 Å². The van der Waals surface area contributed by atoms with Gasteiger partial charge in [0.05, 0.1) is 15.6 Å². The molecule has 0 bridgehead atoms. The molecule has 0 unspecified atom stereocenters. The molecular weight excluding hydrogens is 422 g/mol. The van der Waals surface area contributed by atoms with E-state index >= 15 is 0 Å². The van der Waals surface area contributed by atoms with E-state index in [1.807, 2.05) is 43.5 Å². The standard InChI is InChI=1S/C24H31N5O2S/c1-16(10-11-25)12-17(2)28-22-5-3-4-20(29-22)21-14-27-24(32-21)19-8-6-18(7-9-19)13-26-23(31)15-30/h3-5,10-12,14,18-19,30H,2,6-9,13,15,25H2,1H3,(H,26,31)(H,28,29)/b11-10-,16-12-/t18-,19-. The van der Waals surface area contributed by atoms with Crippen molar-refractivity contribution in [1.82, 2.24) is 15.3 Å². The lowest BCUT2D eigenvalue weighted by Crippen LogP contribution is -2.32. The normalized spacial score (nSPS) is 19.1. The van der Waals surface area contributed by atoms with Crippen LogP contribution in [-0.4, -0.2) is 34.1 Å². The van der Waals surface area contributed by atoms with Gasteiger partial charge in [0.25, 0.3) is 0 Å². The maximum absolute atomic E-state index is 11.2. The Morgan fingerprint density at radius 2 is 2.12 bits per heavy atom. The Morgan fingerprint density at radius 1 is 1.34 bits per heavy atom. The first-order valence-corrected chi connectivity index (χ1v) is 11.6. The zero-order valence-electron chi connectivity index (χ0n) is 18.4. The number of rotatable bonds is 9. The highest BCUT2D eigenvalue weighted by Crippen LogP contribution is 2.39. The summed E-state index contributed by atoms with van der Waals surface area (Å²) < 4.78 is 0. The number of carbonyl (C=O) groups excluding carboxylic acids is 1. The molecule has 5 N–H and O–H groups in total. The van der Waals surface area contributed by atoms with Crippen LogP contribution in [0.2, 0.25) is 0 Å². The summed E-state index contributed by atoms with van der Waals surface area (Å²) in [6.45, 7) is 6.18. The van der Waals surface area contributed by atoms with Crippen LogP contribution in [0, 0.1) is 5.92 Å². The van der Waals surface area contributed by atoms with E-state index in [4.69, 9.17) is 15.8 Å². The molecule has 0 radical (unpaired) electrons. The van der Waals surface area contributed by atoms with Crippen molar-refractivity contribution in [3.63, 3.8) is 0 Å². The Hall–Kier alpha value is -2.97. The monoisotopic (exact) mass is 453 g/mol. The number of aliphatic hydroxyl groups is 1. The minimum absolute atomic E-state index is 0.303. The molecule has 7 nitrogen and oxygen atoms in total. The Bertz CT molecular complexity index is 990. The van der Waals surface area contributed by atoms with Gasteiger partial charge in [0, 0.05) is 24.4 Å². The number of nitrogens with one attached hydrogen (secondary N) is 2. The van der Waals surface area contributed by atoms with Gasteiger partial charge in [-0.25, -0.2) is 9.97 Å². The molecule has 170 valence electrons. The summed E-state index contributed by atoms with van der Waals surface area (Å²) in [7, 11) is 0. The Balaban J connectivity index is 1.59. The Kier molecular flexibility index (Phi) is 8.58. The van der Waals surface area contributed by atoms with Gasteiger partial charge in [-0.05, 0) is 74.6 Å². The molecule has 1 amide bonds. The van der Waals surface area contributed by atoms with E-state index in [1.54, 1.807) is 11.3 Å². The highest BCUT2D eigenvalue weighted by Gasteiger charge is 2.25. The zero-order valence-corrected chi connectivity index (χ0v) is 19.2. The summed E-state index contributed by atoms with van der Waals surface area (Å²) >= 11 is 1.70. The smallest absolute Gasteiger partial charge is 0.245 e. The average Bonchev–Trinajstić information content (AvgIpc) is 3.28. The molecule has 2 aromatic rings. The minimum Gasteiger partial charge on any atom is -0.405 e. The van der Waals surface area contributed by atoms with Crippen LogP contribution in [0.5, 0.6) is 0 Å². The fourth-order valence-electron chi connectivity index (χ4n) is 3.84. The molecular formula is C24H31N5O2S. The molecule has 2 heterocycles. The van der Waals surface area contributed by atoms with Crippen LogP contribution in [0.3, 0.4) is 0 Å². The molecule has 8 heteroatoms. The van der Waals surface area contributed by atoms with Crippen LogP contribution in [0.25, 0.3) is 10.6 Å². The molecule has 2 aromatic heterocycles. The lowest BCUT2D eigenvalue weighted by Gasteiger charge is -2.27. The summed E-state index contributed by atoms with van der Waals surface area (Å²) in [6, 6.07) is 5.87. The molecule has 3 rings (SSSR count). The summed E-state index contributed by atoms with van der Waals surface area (Å²) in [5.41, 5.74) is 8.04. The number of aliphatic hydroxyl groups excluding tert-OH is 1. The first kappa shape index (κ1) is 23.7. The number of hydrogen-bond donors (Lipinski definition) is 4. The number of nitrogens with two attached hydrogens (primary N) is 1. The molecule has 1 aliphatic carbocycles. The average molecular weight is 454 g/mol. The second-order valence-electron chi connectivity index (χ2n) is 8.05. The van der Waals surface area contributed by atoms with Crippen LogP contribution in [0.1, 0.15) is 43.5 Å². The molecule has 0 aliphatic heterocycles. The number of hydrogen-bond acceptors (Lipinski definition) is 7. The predicted molar refractivity (Wildman–Crippen MR) is 130 cm³/mol. The third-order valence-corrected chi connectivity index (χ3v) is 6.68. The number of pyridine rings is 1. The Morgan fingerprint density at radius 3 is 2.84 bits per heavy atom. The van der Waals surface area contributed by atoms with Gasteiger partial charge in [0.2, 0.25) is 5.91 Å². The number of anilines is 1. The van der Waals surface area contributed by atoms with Crippen LogP contribution < -0.4 is 16.4 Å². The molecule has 0 atom stereocenters. The summed E-state index contributed by atoms with van der Waals surface area (Å²) in [4.78, 5) is 21.7. The number of allylic oxidation sites excluding steroid dienone is 3. The lowest BCUT2D eigenvalue weighted by atomic mass is 9.82. The molecule has 0 spiro atoms. The van der Waals surface area contributed by atoms with Crippen molar-refractivity contribution in [2.75, 3.05) is 18.5 Å². The fraction of sp³-hybridized carbons (Fsp3) is 0.375. The van der Waals surface area contributed by atoms with Gasteiger partial charge >= 0.3 is 0 Å². The van der Waals surface area contributed by atoms with E-state index in [0.29, 0.717) is 18.4 Å². The molecule has 32 heavy (non-hydrogen) atoms. The highest BCUT2D eigenvalue weighted by molar-refractivity contribution is 7.15. The second kappa shape index (κ2) is 11.6. The van der Waals surface area contributed by atoms with Gasteiger partial charge in [0.1, 0.15) is 12.4 Å². The molecule has 0 aromatic carbocycles. The second-order valence-corrected chi connectivity index (χ2v) is 9.11. The maximum Gasteiger partial charge on any atom is 0.245 e. The van der Waals surface area contributed by atoms with Crippen molar-refractivity contribution in [3.8, 4) is 10.6 Å². The van der Waals surface area contributed by atoms with Crippen LogP contribution in [0.15, 0.2) is 60.6 Å². The number of carbonyl (C=O) groups is 1. The van der Waals surface area contributed by atoms with Crippen molar-refractivity contribution in [3.05, 3.63) is 65.6 Å². The zero-order chi connectivity index (χ0) is 22.9. The number of nitrogens with zero attached hydrogens (tertiary/aromatic N) is 2. The highest BCUT2D eigenvalue weighted by atomic mass is 32.1. The number of aromatic nitrogens is 2. The number of thiazole rings is 1. The van der Waals surface area contributed by atoms with Gasteiger partial charge in [-0.1, -0.05) is 12.6 Å². The van der Waals surface area contributed by atoms with E-state index in [0.717, 1.165) is 58.3 Å². The maximum atomic E-state index is 11.2.